The summed E-state index contributed by atoms with van der Waals surface area (Å²) < 4.78 is 10.5. The van der Waals surface area contributed by atoms with Crippen LogP contribution in [-0.2, 0) is 6.42 Å². The monoisotopic (exact) mass is 345 g/mol. The van der Waals surface area contributed by atoms with E-state index >= 15 is 0 Å². The number of methoxy groups -OCH3 is 2. The number of rotatable bonds is 5. The first-order valence-corrected chi connectivity index (χ1v) is 9.12. The van der Waals surface area contributed by atoms with Crippen LogP contribution in [-0.4, -0.2) is 38.1 Å². The molecule has 0 unspecified atom stereocenters. The summed E-state index contributed by atoms with van der Waals surface area (Å²) in [5.41, 5.74) is 0.628. The first-order chi connectivity index (χ1) is 11.7. The molecule has 1 saturated heterocycles. The lowest BCUT2D eigenvalue weighted by atomic mass is 9.92. The van der Waals surface area contributed by atoms with E-state index in [-0.39, 0.29) is 5.91 Å². The van der Waals surface area contributed by atoms with Gasteiger partial charge in [-0.15, -0.1) is 11.3 Å². The number of piperidine rings is 1. The van der Waals surface area contributed by atoms with Gasteiger partial charge in [-0.05, 0) is 48.8 Å². The van der Waals surface area contributed by atoms with Crippen LogP contribution in [0.25, 0.3) is 0 Å². The van der Waals surface area contributed by atoms with Crippen LogP contribution in [0.1, 0.15) is 28.1 Å². The molecule has 1 fully saturated rings. The Hall–Kier alpha value is -2.01. The van der Waals surface area contributed by atoms with Crippen LogP contribution in [0, 0.1) is 5.92 Å². The number of ether oxygens (including phenoxy) is 2. The molecule has 0 aliphatic carbocycles. The van der Waals surface area contributed by atoms with Crippen molar-refractivity contribution >= 4 is 17.2 Å². The zero-order chi connectivity index (χ0) is 16.9. The molecule has 24 heavy (non-hydrogen) atoms. The average molecular weight is 345 g/mol. The summed E-state index contributed by atoms with van der Waals surface area (Å²) in [7, 11) is 3.19. The molecular weight excluding hydrogens is 322 g/mol. The van der Waals surface area contributed by atoms with Gasteiger partial charge >= 0.3 is 0 Å². The topological polar surface area (TPSA) is 38.8 Å². The SMILES string of the molecule is COc1cc(OC)cc(C(=O)N2CCC(Cc3cccs3)CC2)c1. The molecule has 4 nitrogen and oxygen atoms in total. The van der Waals surface area contributed by atoms with Gasteiger partial charge < -0.3 is 14.4 Å². The van der Waals surface area contributed by atoms with Crippen molar-refractivity contribution in [2.75, 3.05) is 27.3 Å². The lowest BCUT2D eigenvalue weighted by Crippen LogP contribution is -2.38. The van der Waals surface area contributed by atoms with Gasteiger partial charge in [-0.2, -0.15) is 0 Å². The molecule has 3 rings (SSSR count). The average Bonchev–Trinajstić information content (AvgIpc) is 3.14. The predicted octanol–water partition coefficient (Wildman–Crippen LogP) is 3.86. The summed E-state index contributed by atoms with van der Waals surface area (Å²) in [6, 6.07) is 9.65. The third-order valence-electron chi connectivity index (χ3n) is 4.57. The van der Waals surface area contributed by atoms with E-state index in [2.05, 4.69) is 17.5 Å². The smallest absolute Gasteiger partial charge is 0.254 e. The number of benzene rings is 1. The van der Waals surface area contributed by atoms with Crippen molar-refractivity contribution in [3.05, 3.63) is 46.2 Å². The highest BCUT2D eigenvalue weighted by atomic mass is 32.1. The fourth-order valence-electron chi connectivity index (χ4n) is 3.17. The molecule has 128 valence electrons. The van der Waals surface area contributed by atoms with Crippen LogP contribution in [0.5, 0.6) is 11.5 Å². The Morgan fingerprint density at radius 3 is 2.38 bits per heavy atom. The van der Waals surface area contributed by atoms with Crippen LogP contribution >= 0.6 is 11.3 Å². The van der Waals surface area contributed by atoms with E-state index in [0.29, 0.717) is 23.0 Å². The van der Waals surface area contributed by atoms with Crippen LogP contribution in [0.15, 0.2) is 35.7 Å². The molecule has 5 heteroatoms. The Morgan fingerprint density at radius 1 is 1.17 bits per heavy atom. The highest BCUT2D eigenvalue weighted by Gasteiger charge is 2.24. The third-order valence-corrected chi connectivity index (χ3v) is 5.47. The van der Waals surface area contributed by atoms with Gasteiger partial charge in [0.25, 0.3) is 5.91 Å². The first-order valence-electron chi connectivity index (χ1n) is 8.24. The minimum Gasteiger partial charge on any atom is -0.497 e. The van der Waals surface area contributed by atoms with Gasteiger partial charge in [0.2, 0.25) is 0 Å². The van der Waals surface area contributed by atoms with Gasteiger partial charge in [-0.25, -0.2) is 0 Å². The van der Waals surface area contributed by atoms with Crippen molar-refractivity contribution in [3.8, 4) is 11.5 Å². The van der Waals surface area contributed by atoms with Crippen molar-refractivity contribution in [3.63, 3.8) is 0 Å². The van der Waals surface area contributed by atoms with E-state index in [1.165, 1.54) is 4.88 Å². The summed E-state index contributed by atoms with van der Waals surface area (Å²) in [5, 5.41) is 2.13. The molecule has 1 aliphatic heterocycles. The summed E-state index contributed by atoms with van der Waals surface area (Å²) in [5.74, 6) is 2.02. The summed E-state index contributed by atoms with van der Waals surface area (Å²) >= 11 is 1.82. The van der Waals surface area contributed by atoms with Crippen molar-refractivity contribution in [1.82, 2.24) is 4.90 Å². The Labute approximate surface area is 147 Å². The molecule has 1 amide bonds. The van der Waals surface area contributed by atoms with E-state index in [9.17, 15) is 4.79 Å². The fourth-order valence-corrected chi connectivity index (χ4v) is 3.99. The van der Waals surface area contributed by atoms with Crippen molar-refractivity contribution < 1.29 is 14.3 Å². The Morgan fingerprint density at radius 2 is 1.83 bits per heavy atom. The Balaban J connectivity index is 1.62. The number of likely N-dealkylation sites (tertiary alicyclic amines) is 1. The predicted molar refractivity (Wildman–Crippen MR) is 96.2 cm³/mol. The number of nitrogens with zero attached hydrogens (tertiary/aromatic N) is 1. The summed E-state index contributed by atoms with van der Waals surface area (Å²) in [6.07, 6.45) is 3.25. The zero-order valence-corrected chi connectivity index (χ0v) is 15.0. The summed E-state index contributed by atoms with van der Waals surface area (Å²) in [4.78, 5) is 16.2. The van der Waals surface area contributed by atoms with Gasteiger partial charge in [0.05, 0.1) is 14.2 Å². The van der Waals surface area contributed by atoms with Crippen LogP contribution in [0.4, 0.5) is 0 Å². The van der Waals surface area contributed by atoms with E-state index < -0.39 is 0 Å². The number of hydrogen-bond acceptors (Lipinski definition) is 4. The quantitative estimate of drug-likeness (QED) is 0.826. The first kappa shape index (κ1) is 16.8. The molecule has 2 heterocycles. The van der Waals surface area contributed by atoms with E-state index in [4.69, 9.17) is 9.47 Å². The molecule has 1 aromatic heterocycles. The standard InChI is InChI=1S/C19H23NO3S/c1-22-16-11-15(12-17(13-16)23-2)19(21)20-7-5-14(6-8-20)10-18-4-3-9-24-18/h3-4,9,11-14H,5-8,10H2,1-2H3. The molecule has 1 aliphatic rings. The van der Waals surface area contributed by atoms with Crippen LogP contribution in [0.3, 0.4) is 0 Å². The lowest BCUT2D eigenvalue weighted by molar-refractivity contribution is 0.0690. The molecule has 0 radical (unpaired) electrons. The Kier molecular flexibility index (Phi) is 5.41. The highest BCUT2D eigenvalue weighted by molar-refractivity contribution is 7.09. The molecule has 0 bridgehead atoms. The molecule has 2 aromatic rings. The van der Waals surface area contributed by atoms with E-state index in [1.54, 1.807) is 32.4 Å². The number of carbonyl (C=O) groups is 1. The molecular formula is C19H23NO3S. The van der Waals surface area contributed by atoms with E-state index in [1.807, 2.05) is 16.2 Å². The third kappa shape index (κ3) is 3.90. The van der Waals surface area contributed by atoms with Gasteiger partial charge in [0.1, 0.15) is 11.5 Å². The molecule has 0 spiro atoms. The maximum Gasteiger partial charge on any atom is 0.254 e. The molecule has 0 atom stereocenters. The van der Waals surface area contributed by atoms with Crippen molar-refractivity contribution in [2.45, 2.75) is 19.3 Å². The van der Waals surface area contributed by atoms with Gasteiger partial charge in [-0.3, -0.25) is 4.79 Å². The summed E-state index contributed by atoms with van der Waals surface area (Å²) in [6.45, 7) is 1.63. The second-order valence-electron chi connectivity index (χ2n) is 6.12. The number of carbonyl (C=O) groups excluding carboxylic acids is 1. The number of thiophene rings is 1. The van der Waals surface area contributed by atoms with Crippen molar-refractivity contribution in [1.29, 1.82) is 0 Å². The number of hydrogen-bond donors (Lipinski definition) is 0. The van der Waals surface area contributed by atoms with Crippen LogP contribution < -0.4 is 9.47 Å². The van der Waals surface area contributed by atoms with Gasteiger partial charge in [-0.1, -0.05) is 6.07 Å². The normalized spacial score (nSPS) is 15.3. The fraction of sp³-hybridized carbons (Fsp3) is 0.421. The van der Waals surface area contributed by atoms with E-state index in [0.717, 1.165) is 32.4 Å². The maximum atomic E-state index is 12.8. The largest absolute Gasteiger partial charge is 0.497 e. The molecule has 0 N–H and O–H groups in total. The molecule has 0 saturated carbocycles. The minimum absolute atomic E-state index is 0.0572. The van der Waals surface area contributed by atoms with Gasteiger partial charge in [0, 0.05) is 29.6 Å². The van der Waals surface area contributed by atoms with Crippen molar-refractivity contribution in [2.24, 2.45) is 5.92 Å². The maximum absolute atomic E-state index is 12.8. The molecule has 1 aromatic carbocycles. The highest BCUT2D eigenvalue weighted by Crippen LogP contribution is 2.27. The second-order valence-corrected chi connectivity index (χ2v) is 7.15. The zero-order valence-electron chi connectivity index (χ0n) is 14.2. The minimum atomic E-state index is 0.0572. The Bertz CT molecular complexity index is 654. The number of amides is 1. The van der Waals surface area contributed by atoms with Gasteiger partial charge in [0.15, 0.2) is 0 Å². The second kappa shape index (κ2) is 7.71. The lowest BCUT2D eigenvalue weighted by Gasteiger charge is -2.32. The van der Waals surface area contributed by atoms with Crippen LogP contribution in [0.2, 0.25) is 0 Å².